The van der Waals surface area contributed by atoms with Gasteiger partial charge in [-0.3, -0.25) is 9.59 Å². The van der Waals surface area contributed by atoms with E-state index in [0.717, 1.165) is 16.9 Å². The molecule has 2 N–H and O–H groups in total. The summed E-state index contributed by atoms with van der Waals surface area (Å²) in [6.07, 6.45) is 1.84. The van der Waals surface area contributed by atoms with Crippen molar-refractivity contribution in [2.45, 2.75) is 12.1 Å². The summed E-state index contributed by atoms with van der Waals surface area (Å²) in [5, 5.41) is 2.89. The van der Waals surface area contributed by atoms with Crippen LogP contribution in [-0.2, 0) is 4.79 Å². The second-order valence-electron chi connectivity index (χ2n) is 6.96. The van der Waals surface area contributed by atoms with Crippen molar-refractivity contribution >= 4 is 18.0 Å². The van der Waals surface area contributed by atoms with E-state index >= 15 is 0 Å². The zero-order chi connectivity index (χ0) is 20.9. The van der Waals surface area contributed by atoms with Crippen LogP contribution in [0.4, 0.5) is 0 Å². The minimum atomic E-state index is -0.748. The van der Waals surface area contributed by atoms with Gasteiger partial charge in [-0.05, 0) is 30.3 Å². The standard InChI is InChI=1S/C24H21N3O3/c1-30-20-14-8-9-17(15-20)16-27-22(18-10-4-2-5-11-18)21(24(29)26-27)25-23(28)19-12-6-3-7-13-19/h2-16,21-22H,1H3,(H-,25,26,28,29)/p+1/b27-16-/t21-,22-/m0/s1. The predicted molar refractivity (Wildman–Crippen MR) is 113 cm³/mol. The third kappa shape index (κ3) is 4.07. The molecule has 0 spiro atoms. The van der Waals surface area contributed by atoms with E-state index in [2.05, 4.69) is 10.7 Å². The summed E-state index contributed by atoms with van der Waals surface area (Å²) in [5.74, 6) is 0.159. The van der Waals surface area contributed by atoms with Gasteiger partial charge < -0.3 is 10.1 Å². The molecule has 1 saturated heterocycles. The fraction of sp³-hybridized carbons (Fsp3) is 0.125. The maximum atomic E-state index is 12.8. The Bertz CT molecular complexity index is 1080. The molecule has 150 valence electrons. The Balaban J connectivity index is 1.70. The fourth-order valence-corrected chi connectivity index (χ4v) is 3.53. The molecular weight excluding hydrogens is 378 g/mol. The van der Waals surface area contributed by atoms with E-state index in [9.17, 15) is 9.59 Å². The minimum absolute atomic E-state index is 0.271. The average Bonchev–Trinajstić information content (AvgIpc) is 3.09. The summed E-state index contributed by atoms with van der Waals surface area (Å²) < 4.78 is 7.03. The summed E-state index contributed by atoms with van der Waals surface area (Å²) in [7, 11) is 1.61. The van der Waals surface area contributed by atoms with Crippen molar-refractivity contribution in [3.8, 4) is 5.75 Å². The van der Waals surface area contributed by atoms with Crippen molar-refractivity contribution in [3.63, 3.8) is 0 Å². The highest BCUT2D eigenvalue weighted by Crippen LogP contribution is 2.25. The van der Waals surface area contributed by atoms with Crippen LogP contribution >= 0.6 is 0 Å². The lowest BCUT2D eigenvalue weighted by Gasteiger charge is -2.14. The quantitative estimate of drug-likeness (QED) is 0.647. The Hall–Kier alpha value is -3.93. The van der Waals surface area contributed by atoms with E-state index in [0.29, 0.717) is 5.56 Å². The molecule has 3 aromatic carbocycles. The molecule has 1 aliphatic rings. The van der Waals surface area contributed by atoms with Gasteiger partial charge in [0.1, 0.15) is 5.75 Å². The summed E-state index contributed by atoms with van der Waals surface area (Å²) in [6, 6.07) is 24.9. The zero-order valence-corrected chi connectivity index (χ0v) is 16.5. The van der Waals surface area contributed by atoms with Gasteiger partial charge in [0, 0.05) is 16.7 Å². The molecule has 1 aliphatic heterocycles. The van der Waals surface area contributed by atoms with Crippen LogP contribution in [-0.4, -0.2) is 35.9 Å². The van der Waals surface area contributed by atoms with E-state index in [1.54, 1.807) is 36.1 Å². The van der Waals surface area contributed by atoms with Crippen molar-refractivity contribution < 1.29 is 19.0 Å². The first-order valence-corrected chi connectivity index (χ1v) is 9.64. The lowest BCUT2D eigenvalue weighted by atomic mass is 10.00. The Morgan fingerprint density at radius 3 is 2.40 bits per heavy atom. The average molecular weight is 400 g/mol. The number of nitrogens with one attached hydrogen (secondary N) is 2. The highest BCUT2D eigenvalue weighted by atomic mass is 16.5. The summed E-state index contributed by atoms with van der Waals surface area (Å²) in [6.45, 7) is 0. The number of benzene rings is 3. The SMILES string of the molecule is COc1cccc(/C=[N+]2\NC(=O)[C@@H](NC(=O)c3ccccc3)[C@@H]2c2ccccc2)c1. The molecule has 6 heteroatoms. The van der Waals surface area contributed by atoms with Crippen molar-refractivity contribution in [2.24, 2.45) is 0 Å². The Morgan fingerprint density at radius 2 is 1.70 bits per heavy atom. The number of ether oxygens (including phenoxy) is 1. The topological polar surface area (TPSA) is 70.4 Å². The number of methoxy groups -OCH3 is 1. The van der Waals surface area contributed by atoms with Gasteiger partial charge in [-0.1, -0.05) is 54.6 Å². The molecule has 0 unspecified atom stereocenters. The van der Waals surface area contributed by atoms with E-state index in [-0.39, 0.29) is 11.8 Å². The van der Waals surface area contributed by atoms with E-state index in [1.807, 2.05) is 66.9 Å². The number of hydrazone groups is 1. The number of rotatable bonds is 5. The Labute approximate surface area is 174 Å². The van der Waals surface area contributed by atoms with Gasteiger partial charge in [0.25, 0.3) is 5.91 Å². The third-order valence-electron chi connectivity index (χ3n) is 4.98. The van der Waals surface area contributed by atoms with Crippen molar-refractivity contribution in [3.05, 3.63) is 102 Å². The number of hydrazine groups is 1. The number of hydrogen-bond acceptors (Lipinski definition) is 3. The van der Waals surface area contributed by atoms with Crippen LogP contribution in [0.1, 0.15) is 27.5 Å². The predicted octanol–water partition coefficient (Wildman–Crippen LogP) is 2.71. The molecule has 0 bridgehead atoms. The first-order valence-electron chi connectivity index (χ1n) is 9.64. The number of nitrogens with zero attached hydrogens (tertiary/aromatic N) is 1. The number of amides is 2. The molecule has 6 nitrogen and oxygen atoms in total. The number of carbonyl (C=O) groups is 2. The summed E-state index contributed by atoms with van der Waals surface area (Å²) in [4.78, 5) is 25.6. The lowest BCUT2D eigenvalue weighted by molar-refractivity contribution is -0.596. The molecule has 0 radical (unpaired) electrons. The first kappa shape index (κ1) is 19.4. The number of hydrogen-bond donors (Lipinski definition) is 2. The highest BCUT2D eigenvalue weighted by Gasteiger charge is 2.47. The smallest absolute Gasteiger partial charge is 0.304 e. The monoisotopic (exact) mass is 400 g/mol. The van der Waals surface area contributed by atoms with Crippen LogP contribution in [0.25, 0.3) is 0 Å². The maximum absolute atomic E-state index is 12.8. The van der Waals surface area contributed by atoms with Crippen LogP contribution in [0.3, 0.4) is 0 Å². The fourth-order valence-electron chi connectivity index (χ4n) is 3.53. The molecule has 0 aromatic heterocycles. The van der Waals surface area contributed by atoms with Crippen LogP contribution in [0.2, 0.25) is 0 Å². The van der Waals surface area contributed by atoms with Gasteiger partial charge in [-0.25, -0.2) is 0 Å². The van der Waals surface area contributed by atoms with Gasteiger partial charge in [0.2, 0.25) is 12.3 Å². The van der Waals surface area contributed by atoms with Crippen molar-refractivity contribution in [1.82, 2.24) is 10.7 Å². The lowest BCUT2D eigenvalue weighted by Crippen LogP contribution is -2.42. The molecule has 0 aliphatic carbocycles. The molecular formula is C24H22N3O3+. The highest BCUT2D eigenvalue weighted by molar-refractivity contribution is 5.98. The minimum Gasteiger partial charge on any atom is -0.497 e. The summed E-state index contributed by atoms with van der Waals surface area (Å²) in [5.41, 5.74) is 5.16. The van der Waals surface area contributed by atoms with Gasteiger partial charge in [-0.15, -0.1) is 10.1 Å². The van der Waals surface area contributed by atoms with E-state index < -0.39 is 12.1 Å². The normalized spacial score (nSPS) is 19.4. The van der Waals surface area contributed by atoms with Crippen LogP contribution in [0, 0.1) is 0 Å². The van der Waals surface area contributed by atoms with Crippen LogP contribution in [0.15, 0.2) is 84.9 Å². The molecule has 0 saturated carbocycles. The van der Waals surface area contributed by atoms with Gasteiger partial charge in [0.05, 0.1) is 7.11 Å². The van der Waals surface area contributed by atoms with Gasteiger partial charge in [0.15, 0.2) is 6.04 Å². The van der Waals surface area contributed by atoms with Gasteiger partial charge in [-0.2, -0.15) is 0 Å². The summed E-state index contributed by atoms with van der Waals surface area (Å²) >= 11 is 0. The second-order valence-corrected chi connectivity index (χ2v) is 6.96. The van der Waals surface area contributed by atoms with Crippen LogP contribution < -0.4 is 15.5 Å². The molecule has 4 rings (SSSR count). The number of carbonyl (C=O) groups excluding carboxylic acids is 2. The van der Waals surface area contributed by atoms with E-state index in [1.165, 1.54) is 0 Å². The Morgan fingerprint density at radius 1 is 1.00 bits per heavy atom. The molecule has 3 aromatic rings. The van der Waals surface area contributed by atoms with E-state index in [4.69, 9.17) is 4.74 Å². The molecule has 2 atom stereocenters. The molecule has 1 heterocycles. The van der Waals surface area contributed by atoms with Crippen molar-refractivity contribution in [1.29, 1.82) is 0 Å². The van der Waals surface area contributed by atoms with Gasteiger partial charge >= 0.3 is 5.91 Å². The molecule has 30 heavy (non-hydrogen) atoms. The maximum Gasteiger partial charge on any atom is 0.304 e. The third-order valence-corrected chi connectivity index (χ3v) is 4.98. The Kier molecular flexibility index (Phi) is 5.57. The first-order chi connectivity index (χ1) is 14.7. The molecule has 1 fully saturated rings. The van der Waals surface area contributed by atoms with Crippen LogP contribution in [0.5, 0.6) is 5.75 Å². The second kappa shape index (κ2) is 8.61. The largest absolute Gasteiger partial charge is 0.497 e. The zero-order valence-electron chi connectivity index (χ0n) is 16.5. The molecule has 2 amide bonds. The van der Waals surface area contributed by atoms with Crippen molar-refractivity contribution in [2.75, 3.05) is 7.11 Å².